The van der Waals surface area contributed by atoms with E-state index in [4.69, 9.17) is 10.2 Å². The highest BCUT2D eigenvalue weighted by Gasteiger charge is 1.87. The molecule has 0 unspecified atom stereocenters. The molecule has 0 saturated carbocycles. The Morgan fingerprint density at radius 3 is 0.788 bits per heavy atom. The molecular weight excluding hydrogens is 412 g/mol. The Kier molecular flexibility index (Phi) is 39.5. The largest absolute Gasteiger partial charge is 0.478 e. The fourth-order valence-electron chi connectivity index (χ4n) is 1.32. The molecule has 0 bridgehead atoms. The smallest absolute Gasteiger partial charge is 0.327 e. The highest BCUT2D eigenvalue weighted by molar-refractivity contribution is 5.80. The molecule has 194 valence electrons. The highest BCUT2D eigenvalue weighted by atomic mass is 16.4. The summed E-state index contributed by atoms with van der Waals surface area (Å²) in [5.41, 5.74) is 0. The third-order valence-corrected chi connectivity index (χ3v) is 2.87. The lowest BCUT2D eigenvalue weighted by molar-refractivity contribution is -0.132. The lowest BCUT2D eigenvalue weighted by atomic mass is 10.2. The quantitative estimate of drug-likeness (QED) is 0.290. The summed E-state index contributed by atoms with van der Waals surface area (Å²) in [4.78, 5) is 19.6. The average Bonchev–Trinajstić information content (AvgIpc) is 2.66. The minimum absolute atomic E-state index is 0.325. The van der Waals surface area contributed by atoms with E-state index in [1.165, 1.54) is 0 Å². The van der Waals surface area contributed by atoms with Crippen LogP contribution < -0.4 is 0 Å². The van der Waals surface area contributed by atoms with E-state index >= 15 is 0 Å². The predicted molar refractivity (Wildman–Crippen MR) is 148 cm³/mol. The first-order valence-corrected chi connectivity index (χ1v) is 11.8. The summed E-state index contributed by atoms with van der Waals surface area (Å²) in [5, 5.41) is 16.2. The maximum atomic E-state index is 9.82. The SMILES string of the molecule is C/C=C/C(C)C.C/C=C\C(C)C.C=CC(C)C.CC(C)/C=C/C(=O)O.CC(C)/C=C\C(=O)O. The first-order chi connectivity index (χ1) is 15.1. The third kappa shape index (κ3) is 92.6. The fraction of sp³-hybridized carbons (Fsp3) is 0.586. The Hall–Kier alpha value is -2.36. The van der Waals surface area contributed by atoms with Crippen molar-refractivity contribution in [3.63, 3.8) is 0 Å². The first-order valence-electron chi connectivity index (χ1n) is 11.8. The number of carboxylic acid groups (broad SMARTS) is 2. The average molecular weight is 467 g/mol. The van der Waals surface area contributed by atoms with Crippen molar-refractivity contribution in [3.05, 3.63) is 61.3 Å². The van der Waals surface area contributed by atoms with Crippen LogP contribution in [0.3, 0.4) is 0 Å². The highest BCUT2D eigenvalue weighted by Crippen LogP contribution is 1.93. The number of rotatable bonds is 7. The van der Waals surface area contributed by atoms with Gasteiger partial charge >= 0.3 is 11.9 Å². The van der Waals surface area contributed by atoms with Crippen LogP contribution in [0.2, 0.25) is 0 Å². The van der Waals surface area contributed by atoms with Crippen molar-refractivity contribution >= 4 is 11.9 Å². The molecule has 0 aliphatic rings. The molecule has 2 N–H and O–H groups in total. The number of hydrogen-bond acceptors (Lipinski definition) is 2. The van der Waals surface area contributed by atoms with Crippen LogP contribution in [0.15, 0.2) is 61.3 Å². The van der Waals surface area contributed by atoms with Gasteiger partial charge in [-0.25, -0.2) is 9.59 Å². The minimum Gasteiger partial charge on any atom is -0.478 e. The lowest BCUT2D eigenvalue weighted by Gasteiger charge is -1.88. The molecule has 0 aromatic carbocycles. The molecule has 4 heteroatoms. The molecule has 0 heterocycles. The van der Waals surface area contributed by atoms with E-state index in [1.807, 2.05) is 47.6 Å². The Morgan fingerprint density at radius 1 is 0.545 bits per heavy atom. The molecule has 0 radical (unpaired) electrons. The Balaban J connectivity index is -0.000000100. The van der Waals surface area contributed by atoms with Gasteiger partial charge in [0.15, 0.2) is 0 Å². The monoisotopic (exact) mass is 466 g/mol. The molecule has 0 amide bonds. The van der Waals surface area contributed by atoms with Crippen molar-refractivity contribution in [1.82, 2.24) is 0 Å². The topological polar surface area (TPSA) is 74.6 Å². The minimum atomic E-state index is -0.876. The number of carboxylic acids is 2. The van der Waals surface area contributed by atoms with Crippen LogP contribution in [0.1, 0.15) is 83.1 Å². The van der Waals surface area contributed by atoms with E-state index in [0.29, 0.717) is 17.8 Å². The zero-order chi connectivity index (χ0) is 27.4. The Labute approximate surface area is 205 Å². The summed E-state index contributed by atoms with van der Waals surface area (Å²) < 4.78 is 0. The van der Waals surface area contributed by atoms with Gasteiger partial charge in [-0.1, -0.05) is 112 Å². The maximum absolute atomic E-state index is 9.82. The molecule has 0 fully saturated rings. The Morgan fingerprint density at radius 2 is 0.758 bits per heavy atom. The van der Waals surface area contributed by atoms with Crippen LogP contribution in [0, 0.1) is 29.6 Å². The molecule has 4 nitrogen and oxygen atoms in total. The Bertz CT molecular complexity index is 502. The second kappa shape index (κ2) is 31.8. The van der Waals surface area contributed by atoms with Gasteiger partial charge in [0.25, 0.3) is 0 Å². The maximum Gasteiger partial charge on any atom is 0.327 e. The fourth-order valence-corrected chi connectivity index (χ4v) is 1.32. The van der Waals surface area contributed by atoms with Crippen LogP contribution in [-0.4, -0.2) is 22.2 Å². The third-order valence-electron chi connectivity index (χ3n) is 2.87. The molecule has 0 rings (SSSR count). The van der Waals surface area contributed by atoms with E-state index < -0.39 is 11.9 Å². The second-order valence-electron chi connectivity index (χ2n) is 8.90. The number of carbonyl (C=O) groups is 2. The summed E-state index contributed by atoms with van der Waals surface area (Å²) in [6, 6.07) is 0. The van der Waals surface area contributed by atoms with Gasteiger partial charge in [-0.2, -0.15) is 0 Å². The van der Waals surface area contributed by atoms with Crippen LogP contribution >= 0.6 is 0 Å². The molecule has 0 aliphatic heterocycles. The summed E-state index contributed by atoms with van der Waals surface area (Å²) in [5.74, 6) is 0.981. The normalized spacial score (nSPS) is 10.7. The van der Waals surface area contributed by atoms with Crippen LogP contribution in [0.25, 0.3) is 0 Å². The van der Waals surface area contributed by atoms with Crippen molar-refractivity contribution in [2.24, 2.45) is 29.6 Å². The van der Waals surface area contributed by atoms with Crippen LogP contribution in [0.5, 0.6) is 0 Å². The van der Waals surface area contributed by atoms with E-state index in [1.54, 1.807) is 12.2 Å². The molecule has 33 heavy (non-hydrogen) atoms. The number of hydrogen-bond donors (Lipinski definition) is 2. The van der Waals surface area contributed by atoms with Crippen LogP contribution in [-0.2, 0) is 9.59 Å². The van der Waals surface area contributed by atoms with Crippen molar-refractivity contribution in [2.75, 3.05) is 0 Å². The van der Waals surface area contributed by atoms with Crippen molar-refractivity contribution in [3.8, 4) is 0 Å². The van der Waals surface area contributed by atoms with Gasteiger partial charge in [0.1, 0.15) is 0 Å². The van der Waals surface area contributed by atoms with Crippen molar-refractivity contribution in [1.29, 1.82) is 0 Å². The van der Waals surface area contributed by atoms with Gasteiger partial charge in [-0.15, -0.1) is 6.58 Å². The zero-order valence-electron chi connectivity index (χ0n) is 23.5. The van der Waals surface area contributed by atoms with E-state index in [-0.39, 0.29) is 0 Å². The van der Waals surface area contributed by atoms with E-state index in [2.05, 4.69) is 72.4 Å². The summed E-state index contributed by atoms with van der Waals surface area (Å²) >= 11 is 0. The standard InChI is InChI=1S/2C6H10O2.2C6H12.C5H10/c2*1-5(2)3-4-6(7)8;2*1-4-5-6(2)3;1-4-5(2)3/h2*3-5H,1-2H3,(H,7,8);2*4-6H,1-3H3;4-5H,1H2,2-3H3/b4-3+;4-3-;5-4+;5-4-;. The van der Waals surface area contributed by atoms with E-state index in [9.17, 15) is 9.59 Å². The van der Waals surface area contributed by atoms with Gasteiger partial charge in [0.2, 0.25) is 0 Å². The molecule has 0 aromatic rings. The molecule has 0 aliphatic carbocycles. The first kappa shape index (κ1) is 40.9. The van der Waals surface area contributed by atoms with Gasteiger partial charge in [-0.3, -0.25) is 0 Å². The van der Waals surface area contributed by atoms with Gasteiger partial charge in [0.05, 0.1) is 0 Å². The molecule has 0 aromatic heterocycles. The van der Waals surface area contributed by atoms with Gasteiger partial charge in [0, 0.05) is 12.2 Å². The van der Waals surface area contributed by atoms with Gasteiger partial charge < -0.3 is 10.2 Å². The summed E-state index contributed by atoms with van der Waals surface area (Å²) in [7, 11) is 0. The molecular formula is C29H54O4. The van der Waals surface area contributed by atoms with Crippen LogP contribution in [0.4, 0.5) is 0 Å². The number of allylic oxidation sites excluding steroid dienone is 7. The summed E-state index contributed by atoms with van der Waals surface area (Å²) in [6.45, 7) is 28.2. The van der Waals surface area contributed by atoms with Crippen molar-refractivity contribution in [2.45, 2.75) is 83.1 Å². The molecule has 0 saturated heterocycles. The predicted octanol–water partition coefficient (Wildman–Crippen LogP) is 8.83. The molecule has 0 spiro atoms. The lowest BCUT2D eigenvalue weighted by Crippen LogP contribution is -1.87. The summed E-state index contributed by atoms with van der Waals surface area (Å²) in [6.07, 6.45) is 16.0. The number of aliphatic carboxylic acids is 2. The zero-order valence-corrected chi connectivity index (χ0v) is 23.5. The van der Waals surface area contributed by atoms with Gasteiger partial charge in [-0.05, 0) is 43.4 Å². The molecule has 0 atom stereocenters. The van der Waals surface area contributed by atoms with Crippen molar-refractivity contribution < 1.29 is 19.8 Å². The van der Waals surface area contributed by atoms with E-state index in [0.717, 1.165) is 24.0 Å². The second-order valence-corrected chi connectivity index (χ2v) is 8.90.